The van der Waals surface area contributed by atoms with Crippen molar-refractivity contribution in [1.82, 2.24) is 14.7 Å². The van der Waals surface area contributed by atoms with Gasteiger partial charge in [-0.2, -0.15) is 5.12 Å². The monoisotopic (exact) mass is 669 g/mol. The summed E-state index contributed by atoms with van der Waals surface area (Å²) in [6.45, 7) is 6.77. The van der Waals surface area contributed by atoms with E-state index < -0.39 is 29.0 Å². The van der Waals surface area contributed by atoms with E-state index in [1.165, 1.54) is 20.8 Å². The number of imidazole rings is 1. The minimum absolute atomic E-state index is 0.0302. The van der Waals surface area contributed by atoms with E-state index in [0.29, 0.717) is 37.1 Å². The molecule has 260 valence electrons. The van der Waals surface area contributed by atoms with Crippen molar-refractivity contribution >= 4 is 18.0 Å². The van der Waals surface area contributed by atoms with E-state index in [1.807, 2.05) is 43.3 Å². The Morgan fingerprint density at radius 1 is 1.12 bits per heavy atom. The number of unbranched alkanes of at least 4 members (excludes halogenated alkanes) is 2. The molecule has 0 saturated heterocycles. The third kappa shape index (κ3) is 10.4. The highest BCUT2D eigenvalue weighted by molar-refractivity contribution is 6.03. The van der Waals surface area contributed by atoms with Gasteiger partial charge in [0.1, 0.15) is 17.1 Å². The normalized spacial score (nSPS) is 12.3. The van der Waals surface area contributed by atoms with Gasteiger partial charge in [-0.3, -0.25) is 0 Å². The Kier molecular flexibility index (Phi) is 13.3. The van der Waals surface area contributed by atoms with Crippen molar-refractivity contribution in [3.05, 3.63) is 87.0 Å². The zero-order chi connectivity index (χ0) is 35.4. The molecule has 0 amide bonds. The molecule has 6 N–H and O–H groups in total. The van der Waals surface area contributed by atoms with Crippen LogP contribution in [-0.4, -0.2) is 67.4 Å². The van der Waals surface area contributed by atoms with E-state index in [1.54, 1.807) is 16.7 Å². The van der Waals surface area contributed by atoms with E-state index in [9.17, 15) is 29.9 Å². The standard InChI is InChI=1S/C32H43N7O9/c1-5-11-26-35-28(32(3,4)43)27(30(40)41)37(26)20-22-14-16-23(17-15-22)24-12-7-8-13-25(24)29(33)36-38(34)21(2)48-31(42)46-18-9-6-10-19-47-39(44)45/h7-8,12-17,21,43H,5-6,9-11,18-20,34H2,1-4H3,(H2,33,36)(H,40,41). The second-order valence-corrected chi connectivity index (χ2v) is 11.5. The number of nitrogens with zero attached hydrogens (tertiary/aromatic N) is 5. The number of aromatic carboxylic acids is 1. The molecule has 0 spiro atoms. The van der Waals surface area contributed by atoms with Crippen LogP contribution in [-0.2, 0) is 32.9 Å². The Morgan fingerprint density at radius 2 is 1.79 bits per heavy atom. The van der Waals surface area contributed by atoms with Crippen molar-refractivity contribution < 1.29 is 39.2 Å². The predicted molar refractivity (Wildman–Crippen MR) is 175 cm³/mol. The van der Waals surface area contributed by atoms with Crippen LogP contribution in [0.3, 0.4) is 0 Å². The summed E-state index contributed by atoms with van der Waals surface area (Å²) in [4.78, 5) is 43.2. The summed E-state index contributed by atoms with van der Waals surface area (Å²) < 4.78 is 11.8. The van der Waals surface area contributed by atoms with Gasteiger partial charge in [0.05, 0.1) is 13.2 Å². The molecule has 1 unspecified atom stereocenters. The number of rotatable bonds is 18. The number of hydrogen-bond donors (Lipinski definition) is 4. The number of amidine groups is 1. The molecule has 0 radical (unpaired) electrons. The molecule has 3 rings (SSSR count). The lowest BCUT2D eigenvalue weighted by molar-refractivity contribution is -0.757. The number of hydrazine groups is 1. The summed E-state index contributed by atoms with van der Waals surface area (Å²) in [6.07, 6.45) is 0.786. The van der Waals surface area contributed by atoms with Gasteiger partial charge in [0, 0.05) is 18.5 Å². The first kappa shape index (κ1) is 37.2. The number of aromatic nitrogens is 2. The first-order valence-corrected chi connectivity index (χ1v) is 15.5. The number of carbonyl (C=O) groups is 2. The fraction of sp³-hybridized carbons (Fsp3) is 0.438. The molecule has 1 aromatic heterocycles. The van der Waals surface area contributed by atoms with Crippen LogP contribution in [0.4, 0.5) is 4.79 Å². The smallest absolute Gasteiger partial charge is 0.477 e. The van der Waals surface area contributed by atoms with Crippen LogP contribution in [0.5, 0.6) is 0 Å². The van der Waals surface area contributed by atoms with E-state index in [0.717, 1.165) is 28.2 Å². The van der Waals surface area contributed by atoms with Crippen LogP contribution >= 0.6 is 0 Å². The van der Waals surface area contributed by atoms with Gasteiger partial charge >= 0.3 is 12.1 Å². The number of nitrogens with two attached hydrogens (primary N) is 2. The number of benzene rings is 2. The molecule has 0 saturated carbocycles. The number of aryl methyl sites for hydroxylation is 1. The van der Waals surface area contributed by atoms with Gasteiger partial charge in [0.25, 0.3) is 5.09 Å². The zero-order valence-electron chi connectivity index (χ0n) is 27.5. The summed E-state index contributed by atoms with van der Waals surface area (Å²) in [5.41, 5.74) is 7.95. The van der Waals surface area contributed by atoms with Gasteiger partial charge in [-0.25, -0.2) is 20.4 Å². The van der Waals surface area contributed by atoms with Gasteiger partial charge in [0.2, 0.25) is 6.23 Å². The van der Waals surface area contributed by atoms with Crippen LogP contribution in [0.2, 0.25) is 0 Å². The van der Waals surface area contributed by atoms with Crippen LogP contribution in [0.15, 0.2) is 53.6 Å². The molecule has 0 bridgehead atoms. The summed E-state index contributed by atoms with van der Waals surface area (Å²) in [7, 11) is 0. The Hall–Kier alpha value is -5.22. The maximum absolute atomic E-state index is 12.2. The van der Waals surface area contributed by atoms with Crippen molar-refractivity contribution in [2.45, 2.75) is 78.2 Å². The van der Waals surface area contributed by atoms with Crippen molar-refractivity contribution in [2.24, 2.45) is 16.7 Å². The molecule has 0 aliphatic carbocycles. The fourth-order valence-electron chi connectivity index (χ4n) is 4.82. The molecule has 3 aromatic rings. The summed E-state index contributed by atoms with van der Waals surface area (Å²) in [5.74, 6) is 5.50. The van der Waals surface area contributed by atoms with Crippen molar-refractivity contribution in [1.29, 1.82) is 0 Å². The van der Waals surface area contributed by atoms with E-state index in [4.69, 9.17) is 21.1 Å². The second kappa shape index (κ2) is 17.1. The average molecular weight is 670 g/mol. The number of carboxylic acids is 1. The molecule has 0 fully saturated rings. The van der Waals surface area contributed by atoms with Gasteiger partial charge in [-0.1, -0.05) is 55.5 Å². The second-order valence-electron chi connectivity index (χ2n) is 11.5. The van der Waals surface area contributed by atoms with Crippen LogP contribution in [0.1, 0.15) is 86.5 Å². The molecule has 0 aliphatic heterocycles. The largest absolute Gasteiger partial charge is 0.510 e. The molecular formula is C32H43N7O9. The topological polar surface area (TPSA) is 231 Å². The molecule has 1 heterocycles. The lowest BCUT2D eigenvalue weighted by Crippen LogP contribution is -2.40. The fourth-order valence-corrected chi connectivity index (χ4v) is 4.82. The minimum atomic E-state index is -1.43. The molecule has 48 heavy (non-hydrogen) atoms. The van der Waals surface area contributed by atoms with Crippen LogP contribution < -0.4 is 11.6 Å². The van der Waals surface area contributed by atoms with Crippen molar-refractivity contribution in [2.75, 3.05) is 13.2 Å². The van der Waals surface area contributed by atoms with Gasteiger partial charge in [-0.15, -0.1) is 15.2 Å². The number of hydrogen-bond acceptors (Lipinski definition) is 12. The molecule has 2 aromatic carbocycles. The zero-order valence-corrected chi connectivity index (χ0v) is 27.5. The molecular weight excluding hydrogens is 626 g/mol. The SMILES string of the molecule is CCCc1nc(C(C)(C)O)c(C(=O)O)n1Cc1ccc(-c2ccccc2/C(N)=N/N(N)C(C)OC(=O)OCCCCCO[N+](=O)[O-])cc1. The van der Waals surface area contributed by atoms with E-state index in [2.05, 4.69) is 14.9 Å². The third-order valence-electron chi connectivity index (χ3n) is 7.18. The van der Waals surface area contributed by atoms with Crippen LogP contribution in [0.25, 0.3) is 11.1 Å². The molecule has 1 atom stereocenters. The quantitative estimate of drug-likeness (QED) is 0.0218. The predicted octanol–water partition coefficient (Wildman–Crippen LogP) is 4.15. The number of carboxylic acid groups (broad SMARTS) is 1. The number of hydrazone groups is 1. The minimum Gasteiger partial charge on any atom is -0.477 e. The molecule has 16 heteroatoms. The Labute approximate surface area is 278 Å². The highest BCUT2D eigenvalue weighted by Crippen LogP contribution is 2.28. The number of carbonyl (C=O) groups excluding carboxylic acids is 1. The van der Waals surface area contributed by atoms with Gasteiger partial charge in [0.15, 0.2) is 11.5 Å². The molecule has 0 aliphatic rings. The first-order chi connectivity index (χ1) is 22.7. The number of ether oxygens (including phenoxy) is 2. The highest BCUT2D eigenvalue weighted by atomic mass is 16.9. The Balaban J connectivity index is 1.70. The number of aliphatic hydroxyl groups is 1. The van der Waals surface area contributed by atoms with Gasteiger partial charge in [-0.05, 0) is 63.1 Å². The summed E-state index contributed by atoms with van der Waals surface area (Å²) in [6, 6.07) is 14.8. The Bertz CT molecular complexity index is 1580. The maximum atomic E-state index is 12.2. The maximum Gasteiger partial charge on any atom is 0.510 e. The van der Waals surface area contributed by atoms with Crippen molar-refractivity contribution in [3.63, 3.8) is 0 Å². The lowest BCUT2D eigenvalue weighted by Gasteiger charge is -2.21. The van der Waals surface area contributed by atoms with E-state index >= 15 is 0 Å². The van der Waals surface area contributed by atoms with Crippen LogP contribution in [0, 0.1) is 10.1 Å². The highest BCUT2D eigenvalue weighted by Gasteiger charge is 2.31. The lowest BCUT2D eigenvalue weighted by atomic mass is 9.98. The van der Waals surface area contributed by atoms with E-state index in [-0.39, 0.29) is 37.0 Å². The third-order valence-corrected chi connectivity index (χ3v) is 7.18. The molecule has 16 nitrogen and oxygen atoms in total. The summed E-state index contributed by atoms with van der Waals surface area (Å²) in [5, 5.41) is 35.0. The first-order valence-electron chi connectivity index (χ1n) is 15.5. The summed E-state index contributed by atoms with van der Waals surface area (Å²) >= 11 is 0. The average Bonchev–Trinajstić information content (AvgIpc) is 3.39. The Morgan fingerprint density at radius 3 is 2.42 bits per heavy atom. The van der Waals surface area contributed by atoms with Crippen molar-refractivity contribution in [3.8, 4) is 11.1 Å². The van der Waals surface area contributed by atoms with Gasteiger partial charge < -0.3 is 34.8 Å².